The van der Waals surface area contributed by atoms with Gasteiger partial charge >= 0.3 is 5.97 Å². The second-order valence-corrected chi connectivity index (χ2v) is 10.6. The summed E-state index contributed by atoms with van der Waals surface area (Å²) >= 11 is 16.5. The first kappa shape index (κ1) is 29.2. The number of aromatic amines is 1. The van der Waals surface area contributed by atoms with Gasteiger partial charge in [0.25, 0.3) is 5.91 Å². The third-order valence-corrected chi connectivity index (χ3v) is 7.36. The van der Waals surface area contributed by atoms with Crippen LogP contribution in [0.3, 0.4) is 0 Å². The first-order valence-electron chi connectivity index (χ1n) is 12.4. The van der Waals surface area contributed by atoms with Crippen LogP contribution in [-0.2, 0) is 0 Å². The van der Waals surface area contributed by atoms with Crippen molar-refractivity contribution in [1.82, 2.24) is 10.4 Å². The molecule has 2 N–H and O–H groups in total. The summed E-state index contributed by atoms with van der Waals surface area (Å²) in [5.41, 5.74) is 5.55. The van der Waals surface area contributed by atoms with Crippen LogP contribution in [0.5, 0.6) is 17.2 Å². The van der Waals surface area contributed by atoms with E-state index >= 15 is 0 Å². The molecule has 0 aliphatic rings. The van der Waals surface area contributed by atoms with Crippen LogP contribution in [-0.4, -0.2) is 37.3 Å². The number of carbonyl (C=O) groups excluding carboxylic acids is 2. The lowest BCUT2D eigenvalue weighted by Crippen LogP contribution is -2.19. The van der Waals surface area contributed by atoms with Gasteiger partial charge < -0.3 is 19.2 Å². The Balaban J connectivity index is 1.38. The molecule has 0 aliphatic carbocycles. The Morgan fingerprint density at radius 3 is 2.48 bits per heavy atom. The summed E-state index contributed by atoms with van der Waals surface area (Å²) in [7, 11) is 2.97. The molecule has 0 spiro atoms. The molecule has 0 aliphatic heterocycles. The van der Waals surface area contributed by atoms with Crippen LogP contribution in [0.15, 0.2) is 88.4 Å². The Morgan fingerprint density at radius 1 is 0.905 bits per heavy atom. The van der Waals surface area contributed by atoms with Crippen molar-refractivity contribution < 1.29 is 23.8 Å². The van der Waals surface area contributed by atoms with Gasteiger partial charge in [0.05, 0.1) is 36.5 Å². The van der Waals surface area contributed by atoms with Gasteiger partial charge in [0, 0.05) is 26.0 Å². The van der Waals surface area contributed by atoms with Crippen molar-refractivity contribution in [3.63, 3.8) is 0 Å². The van der Waals surface area contributed by atoms with Gasteiger partial charge in [-0.05, 0) is 60.2 Å². The first-order valence-corrected chi connectivity index (χ1v) is 14.0. The molecule has 5 aromatic rings. The molecule has 0 saturated carbocycles. The number of benzene rings is 4. The Morgan fingerprint density at radius 2 is 1.71 bits per heavy atom. The van der Waals surface area contributed by atoms with Crippen LogP contribution in [0, 0.1) is 0 Å². The number of rotatable bonds is 8. The van der Waals surface area contributed by atoms with Crippen molar-refractivity contribution >= 4 is 68.1 Å². The van der Waals surface area contributed by atoms with Crippen LogP contribution >= 0.6 is 39.1 Å². The number of aromatic nitrogens is 1. The SMILES string of the molecule is COc1cccc(C(=O)Oc2ccc(C=NNC(=O)c3[nH]c4c(Cl)cc(Br)cc4c3-c3ccccc3Cl)cc2OC)c1. The highest BCUT2D eigenvalue weighted by atomic mass is 79.9. The van der Waals surface area contributed by atoms with E-state index in [1.54, 1.807) is 54.6 Å². The summed E-state index contributed by atoms with van der Waals surface area (Å²) < 4.78 is 16.9. The molecule has 4 aromatic carbocycles. The van der Waals surface area contributed by atoms with E-state index in [-0.39, 0.29) is 11.4 Å². The number of amides is 1. The average Bonchev–Trinajstić information content (AvgIpc) is 3.37. The minimum absolute atomic E-state index is 0.219. The summed E-state index contributed by atoms with van der Waals surface area (Å²) in [6, 6.07) is 22.3. The predicted octanol–water partition coefficient (Wildman–Crippen LogP) is 7.90. The summed E-state index contributed by atoms with van der Waals surface area (Å²) in [6.07, 6.45) is 1.44. The highest BCUT2D eigenvalue weighted by Gasteiger charge is 2.22. The quantitative estimate of drug-likeness (QED) is 0.0759. The molecular formula is C31H22BrCl2N3O5. The summed E-state index contributed by atoms with van der Waals surface area (Å²) in [6.45, 7) is 0. The van der Waals surface area contributed by atoms with Gasteiger partial charge in [-0.1, -0.05) is 63.4 Å². The van der Waals surface area contributed by atoms with Gasteiger partial charge in [-0.2, -0.15) is 5.10 Å². The van der Waals surface area contributed by atoms with Crippen molar-refractivity contribution in [3.05, 3.63) is 110 Å². The maximum absolute atomic E-state index is 13.3. The molecule has 1 heterocycles. The van der Waals surface area contributed by atoms with Crippen LogP contribution in [0.1, 0.15) is 26.4 Å². The number of fused-ring (bicyclic) bond motifs is 1. The lowest BCUT2D eigenvalue weighted by atomic mass is 10.0. The van der Waals surface area contributed by atoms with E-state index in [9.17, 15) is 9.59 Å². The number of esters is 1. The number of halogens is 3. The van der Waals surface area contributed by atoms with E-state index < -0.39 is 11.9 Å². The standard InChI is InChI=1S/C31H22BrCl2N3O5/c1-40-20-7-5-6-18(13-20)31(39)42-25-11-10-17(12-26(25)41-2)16-35-37-30(38)29-27(21-8-3-4-9-23(21)33)22-14-19(32)15-24(34)28(22)36-29/h3-16,36H,1-2H3,(H,37,38). The third kappa shape index (κ3) is 6.13. The number of hydrogen-bond donors (Lipinski definition) is 2. The molecule has 8 nitrogen and oxygen atoms in total. The molecule has 42 heavy (non-hydrogen) atoms. The number of methoxy groups -OCH3 is 2. The topological polar surface area (TPSA) is 102 Å². The molecular weight excluding hydrogens is 645 g/mol. The van der Waals surface area contributed by atoms with Crippen molar-refractivity contribution in [2.24, 2.45) is 5.10 Å². The minimum Gasteiger partial charge on any atom is -0.497 e. The largest absolute Gasteiger partial charge is 0.497 e. The van der Waals surface area contributed by atoms with Crippen molar-refractivity contribution in [2.75, 3.05) is 14.2 Å². The second-order valence-electron chi connectivity index (χ2n) is 8.90. The number of carbonyl (C=O) groups is 2. The fourth-order valence-electron chi connectivity index (χ4n) is 4.31. The zero-order valence-electron chi connectivity index (χ0n) is 22.2. The molecule has 0 atom stereocenters. The molecule has 0 fully saturated rings. The highest BCUT2D eigenvalue weighted by Crippen LogP contribution is 2.40. The normalized spacial score (nSPS) is 11.1. The van der Waals surface area contributed by atoms with Crippen molar-refractivity contribution in [3.8, 4) is 28.4 Å². The smallest absolute Gasteiger partial charge is 0.343 e. The molecule has 0 saturated heterocycles. The van der Waals surface area contributed by atoms with E-state index in [2.05, 4.69) is 31.4 Å². The Labute approximate surface area is 259 Å². The molecule has 5 rings (SSSR count). The van der Waals surface area contributed by atoms with Gasteiger partial charge in [-0.15, -0.1) is 0 Å². The molecule has 0 bridgehead atoms. The molecule has 1 aromatic heterocycles. The van der Waals surface area contributed by atoms with Crippen LogP contribution in [0.4, 0.5) is 0 Å². The number of H-pyrrole nitrogens is 1. The van der Waals surface area contributed by atoms with Gasteiger partial charge in [0.2, 0.25) is 0 Å². The van der Waals surface area contributed by atoms with E-state index in [1.165, 1.54) is 20.4 Å². The number of nitrogens with zero attached hydrogens (tertiary/aromatic N) is 1. The van der Waals surface area contributed by atoms with Crippen molar-refractivity contribution in [1.29, 1.82) is 0 Å². The van der Waals surface area contributed by atoms with Crippen molar-refractivity contribution in [2.45, 2.75) is 0 Å². The lowest BCUT2D eigenvalue weighted by molar-refractivity contribution is 0.0729. The zero-order valence-corrected chi connectivity index (χ0v) is 25.3. The second kappa shape index (κ2) is 12.7. The summed E-state index contributed by atoms with van der Waals surface area (Å²) in [5.74, 6) is -0.0103. The Kier molecular flexibility index (Phi) is 8.82. The predicted molar refractivity (Wildman–Crippen MR) is 167 cm³/mol. The average molecular weight is 667 g/mol. The molecule has 0 radical (unpaired) electrons. The zero-order chi connectivity index (χ0) is 29.8. The molecule has 0 unspecified atom stereocenters. The minimum atomic E-state index is -0.569. The number of ether oxygens (including phenoxy) is 3. The molecule has 212 valence electrons. The third-order valence-electron chi connectivity index (χ3n) is 6.27. The van der Waals surface area contributed by atoms with Gasteiger partial charge in [-0.3, -0.25) is 4.79 Å². The van der Waals surface area contributed by atoms with Crippen LogP contribution in [0.2, 0.25) is 10.0 Å². The maximum Gasteiger partial charge on any atom is 0.343 e. The Bertz CT molecular complexity index is 1850. The fraction of sp³-hybridized carbons (Fsp3) is 0.0645. The molecule has 1 amide bonds. The van der Waals surface area contributed by atoms with Crippen LogP contribution in [0.25, 0.3) is 22.0 Å². The summed E-state index contributed by atoms with van der Waals surface area (Å²) in [4.78, 5) is 29.1. The Hall–Kier alpha value is -4.31. The fourth-order valence-corrected chi connectivity index (χ4v) is 5.40. The van der Waals surface area contributed by atoms with E-state index in [1.807, 2.05) is 24.3 Å². The van der Waals surface area contributed by atoms with E-state index in [0.29, 0.717) is 49.3 Å². The number of nitrogens with one attached hydrogen (secondary N) is 2. The maximum atomic E-state index is 13.3. The van der Waals surface area contributed by atoms with E-state index in [4.69, 9.17) is 37.4 Å². The number of hydrogen-bond acceptors (Lipinski definition) is 6. The van der Waals surface area contributed by atoms with Crippen LogP contribution < -0.4 is 19.6 Å². The highest BCUT2D eigenvalue weighted by molar-refractivity contribution is 9.10. The monoisotopic (exact) mass is 665 g/mol. The number of hydrazone groups is 1. The molecule has 11 heteroatoms. The van der Waals surface area contributed by atoms with Gasteiger partial charge in [-0.25, -0.2) is 10.2 Å². The first-order chi connectivity index (χ1) is 20.3. The lowest BCUT2D eigenvalue weighted by Gasteiger charge is -2.10. The summed E-state index contributed by atoms with van der Waals surface area (Å²) in [5, 5.41) is 5.76. The van der Waals surface area contributed by atoms with Gasteiger partial charge in [0.15, 0.2) is 11.5 Å². The van der Waals surface area contributed by atoms with Gasteiger partial charge in [0.1, 0.15) is 11.4 Å². The van der Waals surface area contributed by atoms with E-state index in [0.717, 1.165) is 9.86 Å².